The number of rotatable bonds is 5. The molecule has 0 aliphatic carbocycles. The highest BCUT2D eigenvalue weighted by Crippen LogP contribution is 2.46. The van der Waals surface area contributed by atoms with Gasteiger partial charge in [-0.05, 0) is 31.2 Å². The lowest BCUT2D eigenvalue weighted by atomic mass is 10.0. The Morgan fingerprint density at radius 1 is 0.958 bits per heavy atom. The molecule has 3 rings (SSSR count). The van der Waals surface area contributed by atoms with Crippen molar-refractivity contribution in [1.29, 1.82) is 0 Å². The van der Waals surface area contributed by atoms with Crippen molar-refractivity contribution in [3.63, 3.8) is 0 Å². The fourth-order valence-corrected chi connectivity index (χ4v) is 2.93. The van der Waals surface area contributed by atoms with E-state index in [-0.39, 0.29) is 0 Å². The predicted molar refractivity (Wildman–Crippen MR) is 93.5 cm³/mol. The zero-order valence-electron chi connectivity index (χ0n) is 14.1. The van der Waals surface area contributed by atoms with Crippen molar-refractivity contribution in [2.24, 2.45) is 0 Å². The molecule has 0 amide bonds. The van der Waals surface area contributed by atoms with Gasteiger partial charge in [0.15, 0.2) is 17.8 Å². The smallest absolute Gasteiger partial charge is 0.204 e. The minimum Gasteiger partial charge on any atom is -0.493 e. The molecular weight excluding hydrogens is 306 g/mol. The number of methoxy groups -OCH3 is 3. The maximum Gasteiger partial charge on any atom is 0.204 e. The number of nitrogens with one attached hydrogen (secondary N) is 1. The Hall–Kier alpha value is -2.95. The van der Waals surface area contributed by atoms with Crippen molar-refractivity contribution in [2.45, 2.75) is 6.92 Å². The van der Waals surface area contributed by atoms with Crippen LogP contribution in [0.3, 0.4) is 0 Å². The molecule has 5 heteroatoms. The van der Waals surface area contributed by atoms with Crippen molar-refractivity contribution in [3.8, 4) is 28.5 Å². The summed E-state index contributed by atoms with van der Waals surface area (Å²) in [5, 5.41) is 1.07. The lowest BCUT2D eigenvalue weighted by Crippen LogP contribution is -2.00. The molecule has 0 atom stereocenters. The molecule has 0 aliphatic rings. The van der Waals surface area contributed by atoms with E-state index in [1.165, 1.54) is 12.7 Å². The largest absolute Gasteiger partial charge is 0.493 e. The van der Waals surface area contributed by atoms with E-state index in [0.717, 1.165) is 22.9 Å². The third kappa shape index (κ3) is 2.48. The SMILES string of the molecule is COc1cc(C=O)c(-c2cc3cc(C)ccc3[nH]2)c(OC)c1OC. The second kappa shape index (κ2) is 6.28. The molecule has 3 aromatic rings. The molecule has 2 aromatic carbocycles. The zero-order chi connectivity index (χ0) is 17.3. The van der Waals surface area contributed by atoms with E-state index in [4.69, 9.17) is 14.2 Å². The molecule has 0 saturated carbocycles. The molecule has 1 N–H and O–H groups in total. The van der Waals surface area contributed by atoms with Crippen LogP contribution in [0.1, 0.15) is 15.9 Å². The molecule has 0 bridgehead atoms. The molecule has 1 heterocycles. The van der Waals surface area contributed by atoms with Gasteiger partial charge in [0.2, 0.25) is 5.75 Å². The van der Waals surface area contributed by atoms with Crippen LogP contribution >= 0.6 is 0 Å². The van der Waals surface area contributed by atoms with Crippen LogP contribution in [0, 0.1) is 6.92 Å². The average Bonchev–Trinajstić information content (AvgIpc) is 3.01. The lowest BCUT2D eigenvalue weighted by molar-refractivity contribution is 0.112. The number of H-pyrrole nitrogens is 1. The lowest BCUT2D eigenvalue weighted by Gasteiger charge is -2.17. The standard InChI is InChI=1S/C19H19NO4/c1-11-5-6-14-12(7-11)8-15(20-14)17-13(10-21)9-16(22-2)18(23-3)19(17)24-4/h5-10,20H,1-4H3. The first kappa shape index (κ1) is 15.9. The first-order chi connectivity index (χ1) is 11.6. The molecule has 124 valence electrons. The van der Waals surface area contributed by atoms with Crippen molar-refractivity contribution in [2.75, 3.05) is 21.3 Å². The minimum atomic E-state index is 0.451. The first-order valence-electron chi connectivity index (χ1n) is 7.50. The normalized spacial score (nSPS) is 10.7. The van der Waals surface area contributed by atoms with Crippen LogP contribution in [-0.2, 0) is 0 Å². The van der Waals surface area contributed by atoms with Gasteiger partial charge in [-0.3, -0.25) is 4.79 Å². The molecule has 24 heavy (non-hydrogen) atoms. The van der Waals surface area contributed by atoms with Gasteiger partial charge in [0.1, 0.15) is 0 Å². The Labute approximate surface area is 140 Å². The number of benzene rings is 2. The van der Waals surface area contributed by atoms with Gasteiger partial charge in [-0.25, -0.2) is 0 Å². The van der Waals surface area contributed by atoms with E-state index >= 15 is 0 Å². The van der Waals surface area contributed by atoms with E-state index in [1.807, 2.05) is 25.1 Å². The number of aromatic amines is 1. The van der Waals surface area contributed by atoms with Crippen molar-refractivity contribution in [1.82, 2.24) is 4.98 Å². The molecular formula is C19H19NO4. The Balaban J connectivity index is 2.33. The van der Waals surface area contributed by atoms with Crippen LogP contribution < -0.4 is 14.2 Å². The third-order valence-electron chi connectivity index (χ3n) is 4.03. The van der Waals surface area contributed by atoms with Gasteiger partial charge in [0, 0.05) is 16.5 Å². The fourth-order valence-electron chi connectivity index (χ4n) is 2.93. The predicted octanol–water partition coefficient (Wildman–Crippen LogP) is 3.98. The van der Waals surface area contributed by atoms with Gasteiger partial charge < -0.3 is 19.2 Å². The second-order valence-corrected chi connectivity index (χ2v) is 5.50. The molecule has 1 aromatic heterocycles. The molecule has 0 unspecified atom stereocenters. The number of aldehydes is 1. The van der Waals surface area contributed by atoms with Crippen LogP contribution in [0.4, 0.5) is 0 Å². The number of aryl methyl sites for hydroxylation is 1. The van der Waals surface area contributed by atoms with Crippen LogP contribution in [0.15, 0.2) is 30.3 Å². The summed E-state index contributed by atoms with van der Waals surface area (Å²) in [6.07, 6.45) is 0.788. The highest BCUT2D eigenvalue weighted by molar-refractivity contribution is 5.96. The number of hydrogen-bond donors (Lipinski definition) is 1. The Bertz CT molecular complexity index is 911. The number of carbonyl (C=O) groups is 1. The van der Waals surface area contributed by atoms with E-state index < -0.39 is 0 Å². The summed E-state index contributed by atoms with van der Waals surface area (Å²) in [5.74, 6) is 1.37. The topological polar surface area (TPSA) is 60.6 Å². The maximum absolute atomic E-state index is 11.6. The third-order valence-corrected chi connectivity index (χ3v) is 4.03. The van der Waals surface area contributed by atoms with E-state index in [1.54, 1.807) is 20.3 Å². The monoisotopic (exact) mass is 325 g/mol. The molecule has 0 aliphatic heterocycles. The van der Waals surface area contributed by atoms with Crippen molar-refractivity contribution >= 4 is 17.2 Å². The Morgan fingerprint density at radius 3 is 2.33 bits per heavy atom. The van der Waals surface area contributed by atoms with Gasteiger partial charge in [0.05, 0.1) is 32.6 Å². The highest BCUT2D eigenvalue weighted by Gasteiger charge is 2.22. The van der Waals surface area contributed by atoms with Crippen molar-refractivity contribution in [3.05, 3.63) is 41.5 Å². The minimum absolute atomic E-state index is 0.451. The van der Waals surface area contributed by atoms with E-state index in [0.29, 0.717) is 28.4 Å². The second-order valence-electron chi connectivity index (χ2n) is 5.50. The van der Waals surface area contributed by atoms with Gasteiger partial charge in [0.25, 0.3) is 0 Å². The number of fused-ring (bicyclic) bond motifs is 1. The summed E-state index contributed by atoms with van der Waals surface area (Å²) in [6, 6.07) is 9.79. The van der Waals surface area contributed by atoms with Crippen molar-refractivity contribution < 1.29 is 19.0 Å². The van der Waals surface area contributed by atoms with Crippen LogP contribution in [-0.4, -0.2) is 32.6 Å². The summed E-state index contributed by atoms with van der Waals surface area (Å²) < 4.78 is 16.3. The number of aromatic nitrogens is 1. The van der Waals surface area contributed by atoms with E-state index in [2.05, 4.69) is 11.1 Å². The molecule has 0 spiro atoms. The van der Waals surface area contributed by atoms with Crippen LogP contribution in [0.5, 0.6) is 17.2 Å². The summed E-state index contributed by atoms with van der Waals surface area (Å²) in [7, 11) is 4.61. The van der Waals surface area contributed by atoms with Crippen LogP contribution in [0.25, 0.3) is 22.2 Å². The highest BCUT2D eigenvalue weighted by atomic mass is 16.5. The van der Waals surface area contributed by atoms with Crippen LogP contribution in [0.2, 0.25) is 0 Å². The number of hydrogen-bond acceptors (Lipinski definition) is 4. The van der Waals surface area contributed by atoms with Gasteiger partial charge in [-0.2, -0.15) is 0 Å². The van der Waals surface area contributed by atoms with Gasteiger partial charge >= 0.3 is 0 Å². The maximum atomic E-state index is 11.6. The zero-order valence-corrected chi connectivity index (χ0v) is 14.1. The van der Waals surface area contributed by atoms with Gasteiger partial charge in [-0.1, -0.05) is 11.6 Å². The fraction of sp³-hybridized carbons (Fsp3) is 0.211. The first-order valence-corrected chi connectivity index (χ1v) is 7.50. The summed E-state index contributed by atoms with van der Waals surface area (Å²) >= 11 is 0. The number of carbonyl (C=O) groups excluding carboxylic acids is 1. The Kier molecular flexibility index (Phi) is 4.16. The molecule has 0 saturated heterocycles. The van der Waals surface area contributed by atoms with E-state index in [9.17, 15) is 4.79 Å². The summed E-state index contributed by atoms with van der Waals surface area (Å²) in [5.41, 5.74) is 4.06. The number of ether oxygens (including phenoxy) is 3. The molecule has 5 nitrogen and oxygen atoms in total. The average molecular weight is 325 g/mol. The van der Waals surface area contributed by atoms with Gasteiger partial charge in [-0.15, -0.1) is 0 Å². The summed E-state index contributed by atoms with van der Waals surface area (Å²) in [4.78, 5) is 15.0. The Morgan fingerprint density at radius 2 is 1.71 bits per heavy atom. The quantitative estimate of drug-likeness (QED) is 0.721. The summed E-state index contributed by atoms with van der Waals surface area (Å²) in [6.45, 7) is 2.04. The molecule has 0 fully saturated rings. The molecule has 0 radical (unpaired) electrons.